The van der Waals surface area contributed by atoms with E-state index in [1.54, 1.807) is 11.8 Å². The van der Waals surface area contributed by atoms with Gasteiger partial charge in [-0.3, -0.25) is 0 Å². The molecule has 0 spiro atoms. The summed E-state index contributed by atoms with van der Waals surface area (Å²) in [7, 11) is 0. The molecule has 4 heteroatoms. The zero-order valence-electron chi connectivity index (χ0n) is 7.40. The number of thioether (sulfide) groups is 2. The van der Waals surface area contributed by atoms with Crippen molar-refractivity contribution in [3.8, 4) is 0 Å². The summed E-state index contributed by atoms with van der Waals surface area (Å²) in [5.74, 6) is 0. The van der Waals surface area contributed by atoms with Crippen molar-refractivity contribution in [1.82, 2.24) is 4.98 Å². The second-order valence-electron chi connectivity index (χ2n) is 2.53. The van der Waals surface area contributed by atoms with Crippen LogP contribution in [-0.4, -0.2) is 32.0 Å². The van der Waals surface area contributed by atoms with Gasteiger partial charge in [-0.05, 0) is 0 Å². The maximum atomic E-state index is 4.36. The third-order valence-electron chi connectivity index (χ3n) is 1.84. The molecule has 1 nitrogen and oxygen atoms in total. The maximum absolute atomic E-state index is 4.36. The molecular weight excluding hydrogens is 265 g/mol. The van der Waals surface area contributed by atoms with E-state index in [9.17, 15) is 0 Å². The normalized spacial score (nSPS) is 10.9. The first-order valence-electron chi connectivity index (χ1n) is 3.80. The van der Waals surface area contributed by atoms with E-state index in [2.05, 4.69) is 29.6 Å². The van der Waals surface area contributed by atoms with Gasteiger partial charge in [-0.1, -0.05) is 0 Å². The molecule has 0 bridgehead atoms. The van der Waals surface area contributed by atoms with Crippen LogP contribution >= 0.6 is 23.5 Å². The summed E-state index contributed by atoms with van der Waals surface area (Å²) in [5.41, 5.74) is 1.18. The topological polar surface area (TPSA) is 12.9 Å². The molecule has 0 fully saturated rings. The van der Waals surface area contributed by atoms with Gasteiger partial charge in [-0.2, -0.15) is 0 Å². The quantitative estimate of drug-likeness (QED) is 0.617. The Morgan fingerprint density at radius 2 is 1.85 bits per heavy atom. The number of rotatable bonds is 2. The molecule has 13 heavy (non-hydrogen) atoms. The van der Waals surface area contributed by atoms with Crippen LogP contribution in [-0.2, 0) is 0 Å². The van der Waals surface area contributed by atoms with Crippen molar-refractivity contribution in [2.24, 2.45) is 0 Å². The summed E-state index contributed by atoms with van der Waals surface area (Å²) in [6.07, 6.45) is 4.25. The zero-order valence-corrected chi connectivity index (χ0v) is 10.8. The van der Waals surface area contributed by atoms with E-state index in [-0.39, 0.29) is 0 Å². The molecule has 0 radical (unpaired) electrons. The van der Waals surface area contributed by atoms with Gasteiger partial charge in [0.15, 0.2) is 0 Å². The van der Waals surface area contributed by atoms with E-state index in [4.69, 9.17) is 0 Å². The number of hydrogen-bond acceptors (Lipinski definition) is 3. The van der Waals surface area contributed by atoms with Crippen LogP contribution in [0.2, 0.25) is 0 Å². The Morgan fingerprint density at radius 1 is 1.15 bits per heavy atom. The minimum absolute atomic E-state index is 0.469. The molecule has 0 aliphatic carbocycles. The molecule has 0 saturated carbocycles. The minimum atomic E-state index is 0.469. The second kappa shape index (κ2) is 4.09. The summed E-state index contributed by atoms with van der Waals surface area (Å²) >= 11 is 4.09. The van der Waals surface area contributed by atoms with E-state index >= 15 is 0 Å². The average Bonchev–Trinajstić information content (AvgIpc) is 2.62. The Morgan fingerprint density at radius 3 is 2.54 bits per heavy atom. The molecule has 0 aliphatic rings. The molecule has 0 amide bonds. The zero-order chi connectivity index (χ0) is 9.26. The summed E-state index contributed by atoms with van der Waals surface area (Å²) in [5, 5.41) is 2.05. The van der Waals surface area contributed by atoms with E-state index in [1.165, 1.54) is 19.6 Å². The average molecular weight is 274 g/mol. The monoisotopic (exact) mass is 275 g/mol. The SMILES string of the molecule is CSc1cc2nc[se]c2cc1SC. The van der Waals surface area contributed by atoms with Crippen LogP contribution in [0, 0.1) is 0 Å². The van der Waals surface area contributed by atoms with Crippen molar-refractivity contribution >= 4 is 47.8 Å². The third kappa shape index (κ3) is 1.82. The van der Waals surface area contributed by atoms with Gasteiger partial charge in [-0.25, -0.2) is 0 Å². The van der Waals surface area contributed by atoms with Gasteiger partial charge >= 0.3 is 92.3 Å². The molecule has 0 N–H and O–H groups in total. The van der Waals surface area contributed by atoms with Crippen LogP contribution in [0.3, 0.4) is 0 Å². The van der Waals surface area contributed by atoms with Gasteiger partial charge in [0.25, 0.3) is 0 Å². The van der Waals surface area contributed by atoms with Gasteiger partial charge < -0.3 is 0 Å². The van der Waals surface area contributed by atoms with Crippen molar-refractivity contribution in [1.29, 1.82) is 0 Å². The first-order valence-corrected chi connectivity index (χ1v) is 8.10. The Kier molecular flexibility index (Phi) is 3.04. The van der Waals surface area contributed by atoms with Crippen molar-refractivity contribution in [2.75, 3.05) is 12.5 Å². The van der Waals surface area contributed by atoms with Gasteiger partial charge in [0.05, 0.1) is 0 Å². The fourth-order valence-electron chi connectivity index (χ4n) is 1.18. The van der Waals surface area contributed by atoms with E-state index < -0.39 is 0 Å². The second-order valence-corrected chi connectivity index (χ2v) is 6.08. The molecule has 0 unspecified atom stereocenters. The Balaban J connectivity index is 2.67. The number of aromatic nitrogens is 1. The molecule has 2 aromatic rings. The molecule has 0 aliphatic heterocycles. The van der Waals surface area contributed by atoms with Crippen molar-refractivity contribution in [3.63, 3.8) is 0 Å². The van der Waals surface area contributed by atoms with Crippen LogP contribution in [0.15, 0.2) is 27.0 Å². The van der Waals surface area contributed by atoms with E-state index in [0.717, 1.165) is 0 Å². The van der Waals surface area contributed by atoms with E-state index in [1.807, 2.05) is 16.8 Å². The Bertz CT molecular complexity index is 386. The van der Waals surface area contributed by atoms with Crippen LogP contribution < -0.4 is 0 Å². The first kappa shape index (κ1) is 9.66. The molecular formula is C9H9NS2Se. The fourth-order valence-corrected chi connectivity index (χ4v) is 4.30. The number of nitrogens with zero attached hydrogens (tertiary/aromatic N) is 1. The predicted octanol–water partition coefficient (Wildman–Crippen LogP) is 2.74. The van der Waals surface area contributed by atoms with Crippen LogP contribution in [0.1, 0.15) is 0 Å². The molecule has 0 saturated heterocycles. The van der Waals surface area contributed by atoms with Crippen LogP contribution in [0.5, 0.6) is 0 Å². The van der Waals surface area contributed by atoms with Gasteiger partial charge in [0.1, 0.15) is 0 Å². The number of benzene rings is 1. The predicted molar refractivity (Wildman–Crippen MR) is 62.2 cm³/mol. The molecule has 2 rings (SSSR count). The molecule has 1 heterocycles. The summed E-state index contributed by atoms with van der Waals surface area (Å²) < 4.78 is 1.43. The third-order valence-corrected chi connectivity index (χ3v) is 5.18. The van der Waals surface area contributed by atoms with Gasteiger partial charge in [0, 0.05) is 0 Å². The Hall–Kier alpha value is 0.109. The number of fused-ring (bicyclic) bond motifs is 1. The molecule has 68 valence electrons. The van der Waals surface area contributed by atoms with Gasteiger partial charge in [-0.15, -0.1) is 0 Å². The molecule has 1 aromatic carbocycles. The molecule has 0 atom stereocenters. The van der Waals surface area contributed by atoms with Crippen molar-refractivity contribution < 1.29 is 0 Å². The van der Waals surface area contributed by atoms with E-state index in [0.29, 0.717) is 14.5 Å². The first-order chi connectivity index (χ1) is 6.35. The molecule has 1 aromatic heterocycles. The van der Waals surface area contributed by atoms with Crippen LogP contribution in [0.4, 0.5) is 0 Å². The van der Waals surface area contributed by atoms with Crippen LogP contribution in [0.25, 0.3) is 9.78 Å². The fraction of sp³-hybridized carbons (Fsp3) is 0.222. The summed E-state index contributed by atoms with van der Waals surface area (Å²) in [6.45, 7) is 0. The Labute approximate surface area is 92.1 Å². The van der Waals surface area contributed by atoms with Crippen molar-refractivity contribution in [2.45, 2.75) is 9.79 Å². The number of hydrogen-bond donors (Lipinski definition) is 0. The standard InChI is InChI=1S/C9H9NS2Se/c1-11-7-3-6-9(13-5-10-6)4-8(7)12-2/h3-5H,1-2H3. The summed E-state index contributed by atoms with van der Waals surface area (Å²) in [6, 6.07) is 4.50. The summed E-state index contributed by atoms with van der Waals surface area (Å²) in [4.78, 5) is 7.10. The van der Waals surface area contributed by atoms with Crippen molar-refractivity contribution in [3.05, 3.63) is 17.2 Å². The van der Waals surface area contributed by atoms with Gasteiger partial charge in [0.2, 0.25) is 0 Å².